The maximum Gasteiger partial charge on any atom is 0.254 e. The molecule has 0 spiro atoms. The first kappa shape index (κ1) is 19.2. The van der Waals surface area contributed by atoms with Gasteiger partial charge in [0, 0.05) is 41.4 Å². The molecule has 3 heterocycles. The topological polar surface area (TPSA) is 100 Å². The Hall–Kier alpha value is -3.82. The van der Waals surface area contributed by atoms with Crippen molar-refractivity contribution >= 4 is 35.2 Å². The first-order chi connectivity index (χ1) is 15.0. The van der Waals surface area contributed by atoms with Crippen LogP contribution in [0.3, 0.4) is 0 Å². The van der Waals surface area contributed by atoms with E-state index in [0.29, 0.717) is 40.0 Å². The number of imide groups is 1. The molecule has 0 bridgehead atoms. The second-order valence-electron chi connectivity index (χ2n) is 7.59. The average molecular weight is 424 g/mol. The van der Waals surface area contributed by atoms with Crippen molar-refractivity contribution in [2.75, 3.05) is 10.6 Å². The van der Waals surface area contributed by atoms with Gasteiger partial charge in [-0.05, 0) is 25.0 Å². The van der Waals surface area contributed by atoms with Gasteiger partial charge in [0.2, 0.25) is 5.91 Å². The Bertz CT molecular complexity index is 1250. The molecule has 1 aliphatic heterocycles. The quantitative estimate of drug-likeness (QED) is 0.416. The number of benzene rings is 1. The molecule has 158 valence electrons. The van der Waals surface area contributed by atoms with E-state index in [1.165, 1.54) is 12.1 Å². The highest BCUT2D eigenvalue weighted by molar-refractivity contribution is 6.15. The molecule has 2 aliphatic rings. The number of halogens is 2. The Morgan fingerprint density at radius 1 is 1.23 bits per heavy atom. The van der Waals surface area contributed by atoms with E-state index in [1.54, 1.807) is 22.9 Å². The van der Waals surface area contributed by atoms with Gasteiger partial charge < -0.3 is 10.6 Å². The lowest BCUT2D eigenvalue weighted by atomic mass is 10.1. The molecular formula is C21H18F2N6O2. The second kappa shape index (κ2) is 7.46. The number of nitrogens with one attached hydrogen (secondary N) is 3. The molecule has 5 rings (SSSR count). The monoisotopic (exact) mass is 424 g/mol. The maximum absolute atomic E-state index is 14.0. The third-order valence-electron chi connectivity index (χ3n) is 5.13. The lowest BCUT2D eigenvalue weighted by Gasteiger charge is -2.12. The fourth-order valence-electron chi connectivity index (χ4n) is 3.37. The Morgan fingerprint density at radius 3 is 2.77 bits per heavy atom. The van der Waals surface area contributed by atoms with E-state index in [4.69, 9.17) is 0 Å². The molecule has 10 heteroatoms. The second-order valence-corrected chi connectivity index (χ2v) is 7.59. The van der Waals surface area contributed by atoms with E-state index in [1.807, 2.05) is 0 Å². The number of carbonyl (C=O) groups is 2. The molecule has 31 heavy (non-hydrogen) atoms. The minimum Gasteiger partial charge on any atom is -0.367 e. The molecule has 1 saturated heterocycles. The van der Waals surface area contributed by atoms with Gasteiger partial charge in [-0.3, -0.25) is 14.9 Å². The van der Waals surface area contributed by atoms with Crippen molar-refractivity contribution in [3.8, 4) is 0 Å². The van der Waals surface area contributed by atoms with Crippen LogP contribution in [0, 0.1) is 11.6 Å². The van der Waals surface area contributed by atoms with Gasteiger partial charge in [-0.1, -0.05) is 6.07 Å². The van der Waals surface area contributed by atoms with Gasteiger partial charge >= 0.3 is 0 Å². The van der Waals surface area contributed by atoms with Crippen molar-refractivity contribution in [1.29, 1.82) is 0 Å². The van der Waals surface area contributed by atoms with Gasteiger partial charge in [-0.2, -0.15) is 9.61 Å². The number of nitrogens with zero attached hydrogens (tertiary/aromatic N) is 3. The molecule has 2 amide bonds. The van der Waals surface area contributed by atoms with Crippen LogP contribution >= 0.6 is 0 Å². The molecule has 0 unspecified atom stereocenters. The SMILES string of the molecule is O=C1CC(=Cc2cnn3c(NC4CC4)cc(NCc4ccc(F)cc4F)nc23)C(=O)N1. The van der Waals surface area contributed by atoms with Crippen molar-refractivity contribution in [3.05, 3.63) is 58.8 Å². The first-order valence-electron chi connectivity index (χ1n) is 9.84. The molecule has 8 nitrogen and oxygen atoms in total. The molecule has 1 saturated carbocycles. The molecule has 3 aromatic rings. The van der Waals surface area contributed by atoms with Crippen LogP contribution in [0.25, 0.3) is 11.7 Å². The molecule has 0 radical (unpaired) electrons. The summed E-state index contributed by atoms with van der Waals surface area (Å²) in [5.41, 5.74) is 1.70. The summed E-state index contributed by atoms with van der Waals surface area (Å²) in [4.78, 5) is 28.0. The fraction of sp³-hybridized carbons (Fsp3) is 0.238. The van der Waals surface area contributed by atoms with Gasteiger partial charge in [0.25, 0.3) is 5.91 Å². The average Bonchev–Trinajstić information content (AvgIpc) is 3.36. The summed E-state index contributed by atoms with van der Waals surface area (Å²) in [5.74, 6) is -0.889. The van der Waals surface area contributed by atoms with Crippen molar-refractivity contribution in [3.63, 3.8) is 0 Å². The van der Waals surface area contributed by atoms with E-state index in [2.05, 4.69) is 26.0 Å². The highest BCUT2D eigenvalue weighted by Gasteiger charge is 2.25. The summed E-state index contributed by atoms with van der Waals surface area (Å²) in [6.45, 7) is 0.111. The molecular weight excluding hydrogens is 406 g/mol. The summed E-state index contributed by atoms with van der Waals surface area (Å²) in [7, 11) is 0. The number of hydrogen-bond acceptors (Lipinski definition) is 6. The minimum absolute atomic E-state index is 0.00510. The van der Waals surface area contributed by atoms with Crippen LogP contribution in [-0.4, -0.2) is 32.5 Å². The number of aromatic nitrogens is 3. The predicted molar refractivity (Wildman–Crippen MR) is 109 cm³/mol. The summed E-state index contributed by atoms with van der Waals surface area (Å²) < 4.78 is 28.8. The molecule has 2 fully saturated rings. The summed E-state index contributed by atoms with van der Waals surface area (Å²) in [6.07, 6.45) is 5.28. The van der Waals surface area contributed by atoms with E-state index in [9.17, 15) is 18.4 Å². The normalized spacial score (nSPS) is 17.4. The van der Waals surface area contributed by atoms with Crippen LogP contribution in [0.5, 0.6) is 0 Å². The van der Waals surface area contributed by atoms with Gasteiger partial charge in [-0.15, -0.1) is 0 Å². The molecule has 1 aromatic carbocycles. The number of rotatable bonds is 6. The minimum atomic E-state index is -0.642. The Labute approximate surface area is 175 Å². The van der Waals surface area contributed by atoms with Crippen molar-refractivity contribution in [2.24, 2.45) is 0 Å². The Kier molecular flexibility index (Phi) is 4.61. The smallest absolute Gasteiger partial charge is 0.254 e. The zero-order chi connectivity index (χ0) is 21.5. The number of carbonyl (C=O) groups excluding carboxylic acids is 2. The highest BCUT2D eigenvalue weighted by Crippen LogP contribution is 2.28. The summed E-state index contributed by atoms with van der Waals surface area (Å²) in [5, 5.41) is 13.1. The summed E-state index contributed by atoms with van der Waals surface area (Å²) >= 11 is 0. The van der Waals surface area contributed by atoms with Gasteiger partial charge in [0.15, 0.2) is 5.65 Å². The van der Waals surface area contributed by atoms with E-state index >= 15 is 0 Å². The largest absolute Gasteiger partial charge is 0.367 e. The van der Waals surface area contributed by atoms with Crippen LogP contribution in [0.4, 0.5) is 20.4 Å². The molecule has 1 aliphatic carbocycles. The van der Waals surface area contributed by atoms with Gasteiger partial charge in [0.05, 0.1) is 12.6 Å². The Morgan fingerprint density at radius 2 is 2.06 bits per heavy atom. The number of anilines is 2. The van der Waals surface area contributed by atoms with Crippen molar-refractivity contribution in [2.45, 2.75) is 31.8 Å². The van der Waals surface area contributed by atoms with Crippen LogP contribution in [-0.2, 0) is 16.1 Å². The number of amides is 2. The van der Waals surface area contributed by atoms with Crippen molar-refractivity contribution in [1.82, 2.24) is 19.9 Å². The van der Waals surface area contributed by atoms with Crippen LogP contribution in [0.15, 0.2) is 36.0 Å². The predicted octanol–water partition coefficient (Wildman–Crippen LogP) is 2.62. The van der Waals surface area contributed by atoms with E-state index in [-0.39, 0.29) is 18.9 Å². The molecule has 2 aromatic heterocycles. The van der Waals surface area contributed by atoms with Gasteiger partial charge in [-0.25, -0.2) is 13.8 Å². The highest BCUT2D eigenvalue weighted by atomic mass is 19.1. The van der Waals surface area contributed by atoms with Crippen LogP contribution in [0.1, 0.15) is 30.4 Å². The summed E-state index contributed by atoms with van der Waals surface area (Å²) in [6, 6.07) is 5.53. The maximum atomic E-state index is 14.0. The standard InChI is InChI=1S/C21H18F2N6O2/c22-14-2-1-11(16(23)7-14)9-24-17-8-18(26-15-3-4-15)29-20(27-17)13(10-25-29)5-12-6-19(30)28-21(12)31/h1-2,5,7-8,10,15,26H,3-4,6,9H2,(H,24,27)(H,28,30,31). The number of hydrogen-bond donors (Lipinski definition) is 3. The Balaban J connectivity index is 1.49. The van der Waals surface area contributed by atoms with E-state index in [0.717, 1.165) is 18.9 Å². The first-order valence-corrected chi connectivity index (χ1v) is 9.84. The van der Waals surface area contributed by atoms with Crippen LogP contribution < -0.4 is 16.0 Å². The van der Waals surface area contributed by atoms with Crippen molar-refractivity contribution < 1.29 is 18.4 Å². The van der Waals surface area contributed by atoms with E-state index < -0.39 is 17.5 Å². The van der Waals surface area contributed by atoms with Crippen LogP contribution in [0.2, 0.25) is 0 Å². The molecule has 0 atom stereocenters. The zero-order valence-electron chi connectivity index (χ0n) is 16.3. The van der Waals surface area contributed by atoms with Gasteiger partial charge in [0.1, 0.15) is 23.3 Å². The lowest BCUT2D eigenvalue weighted by Crippen LogP contribution is -2.19. The third kappa shape index (κ3) is 3.96. The molecule has 3 N–H and O–H groups in total. The lowest BCUT2D eigenvalue weighted by molar-refractivity contribution is -0.124. The third-order valence-corrected chi connectivity index (χ3v) is 5.13. The fourth-order valence-corrected chi connectivity index (χ4v) is 3.37. The number of fused-ring (bicyclic) bond motifs is 1. The zero-order valence-corrected chi connectivity index (χ0v) is 16.3.